The monoisotopic (exact) mass is 1390 g/mol. The highest BCUT2D eigenvalue weighted by atomic mass is 33.1. The van der Waals surface area contributed by atoms with Crippen molar-refractivity contribution in [1.82, 2.24) is 78.8 Å². The van der Waals surface area contributed by atoms with Crippen LogP contribution in [-0.2, 0) is 75.2 Å². The van der Waals surface area contributed by atoms with Gasteiger partial charge in [-0.25, -0.2) is 4.98 Å². The minimum absolute atomic E-state index is 0.00420. The van der Waals surface area contributed by atoms with Crippen molar-refractivity contribution in [2.24, 2.45) is 17.6 Å². The van der Waals surface area contributed by atoms with Gasteiger partial charge in [0.2, 0.25) is 70.9 Å². The number of aromatic nitrogens is 3. The molecule has 31 nitrogen and oxygen atoms in total. The van der Waals surface area contributed by atoms with Crippen molar-refractivity contribution in [2.75, 3.05) is 36.6 Å². The van der Waals surface area contributed by atoms with Crippen molar-refractivity contribution in [2.45, 2.75) is 172 Å². The second-order valence-electron chi connectivity index (χ2n) is 23.6. The molecule has 0 spiro atoms. The fourth-order valence-corrected chi connectivity index (χ4v) is 14.5. The highest BCUT2D eigenvalue weighted by Gasteiger charge is 2.37. The molecule has 1 aromatic carbocycles. The predicted octanol–water partition coefficient (Wildman–Crippen LogP) is -1.97. The first-order chi connectivity index (χ1) is 44.6. The molecule has 18 N–H and O–H groups in total. The summed E-state index contributed by atoms with van der Waals surface area (Å²) in [6.45, 7) is 8.90. The number of likely N-dealkylation sites (N-methyl/N-ethyl adjacent to an activating group) is 1. The van der Waals surface area contributed by atoms with Crippen LogP contribution in [0.5, 0.6) is 0 Å². The summed E-state index contributed by atoms with van der Waals surface area (Å²) >= 11 is 0. The Kier molecular flexibility index (Phi) is 31.7. The number of carbonyl (C=O) groups excluding carboxylic acids is 12. The van der Waals surface area contributed by atoms with Crippen LogP contribution in [0.3, 0.4) is 0 Å². The summed E-state index contributed by atoms with van der Waals surface area (Å²) in [7, 11) is 6.18. The second kappa shape index (κ2) is 38.7. The molecule has 2 fully saturated rings. The number of aliphatic hydroxyl groups excluding tert-OH is 1. The molecule has 518 valence electrons. The number of fused-ring (bicyclic) bond motifs is 9. The van der Waals surface area contributed by atoms with E-state index in [2.05, 4.69) is 78.8 Å². The summed E-state index contributed by atoms with van der Waals surface area (Å²) in [5, 5.41) is 52.7. The number of primary amides is 1. The maximum absolute atomic E-state index is 15.1. The predicted molar refractivity (Wildman–Crippen MR) is 355 cm³/mol. The number of aliphatic hydroxyl groups is 1. The zero-order valence-corrected chi connectivity index (χ0v) is 56.6. The molecule has 0 aliphatic carbocycles. The number of hydrogen-bond donors (Lipinski definition) is 17. The summed E-state index contributed by atoms with van der Waals surface area (Å²) < 4.78 is 0. The van der Waals surface area contributed by atoms with Gasteiger partial charge in [0.1, 0.15) is 60.4 Å². The zero-order chi connectivity index (χ0) is 69.2. The highest BCUT2D eigenvalue weighted by molar-refractivity contribution is 8.77. The number of nitrogens with zero attached hydrogens (tertiary/aromatic N) is 1. The van der Waals surface area contributed by atoms with E-state index in [0.717, 1.165) is 21.6 Å². The normalized spacial score (nSPS) is 25.6. The summed E-state index contributed by atoms with van der Waals surface area (Å²) in [6, 6.07) is -8.29. The molecule has 5 rings (SSSR count). The fourth-order valence-electron chi connectivity index (χ4n) is 9.90. The third-order valence-electron chi connectivity index (χ3n) is 15.0. The van der Waals surface area contributed by atoms with Crippen LogP contribution in [0.4, 0.5) is 0 Å². The van der Waals surface area contributed by atoms with Gasteiger partial charge in [-0.3, -0.25) is 62.3 Å². The van der Waals surface area contributed by atoms with Gasteiger partial charge in [0.25, 0.3) is 0 Å². The third kappa shape index (κ3) is 25.3. The summed E-state index contributed by atoms with van der Waals surface area (Å²) in [4.78, 5) is 192. The lowest BCUT2D eigenvalue weighted by Crippen LogP contribution is -2.61. The number of hydrogen-bond acceptors (Lipinski definition) is 20. The van der Waals surface area contributed by atoms with Gasteiger partial charge >= 0.3 is 5.97 Å². The number of imidazole rings is 1. The van der Waals surface area contributed by atoms with Crippen LogP contribution >= 0.6 is 43.2 Å². The molecular formula is C59H88N16O15S4. The molecule has 12 atom stereocenters. The van der Waals surface area contributed by atoms with Crippen LogP contribution in [0, 0.1) is 11.8 Å². The first-order valence-corrected chi connectivity index (χ1v) is 35.8. The summed E-state index contributed by atoms with van der Waals surface area (Å²) in [6.07, 6.45) is 1.55. The van der Waals surface area contributed by atoms with Crippen molar-refractivity contribution in [1.29, 1.82) is 0 Å². The Hall–Kier alpha value is -7.60. The Morgan fingerprint density at radius 2 is 1.23 bits per heavy atom. The molecule has 2 aliphatic rings. The number of H-pyrrole nitrogens is 2. The minimum Gasteiger partial charge on any atom is -0.481 e. The Morgan fingerprint density at radius 3 is 1.86 bits per heavy atom. The van der Waals surface area contributed by atoms with E-state index in [1.165, 1.54) is 55.0 Å². The van der Waals surface area contributed by atoms with Crippen LogP contribution in [0.15, 0.2) is 43.0 Å². The van der Waals surface area contributed by atoms with Crippen molar-refractivity contribution < 1.29 is 72.5 Å². The number of aliphatic carboxylic acids is 1. The molecule has 35 heteroatoms. The van der Waals surface area contributed by atoms with Gasteiger partial charge in [0, 0.05) is 71.3 Å². The largest absolute Gasteiger partial charge is 0.481 e. The van der Waals surface area contributed by atoms with Gasteiger partial charge in [-0.2, -0.15) is 0 Å². The molecule has 2 aliphatic heterocycles. The van der Waals surface area contributed by atoms with Crippen molar-refractivity contribution in [3.63, 3.8) is 0 Å². The molecule has 2 saturated heterocycles. The molecule has 12 amide bonds. The highest BCUT2D eigenvalue weighted by Crippen LogP contribution is 2.26. The van der Waals surface area contributed by atoms with E-state index < -0.39 is 169 Å². The number of carboxylic acid groups (broad SMARTS) is 1. The second-order valence-corrected chi connectivity index (χ2v) is 28.9. The Balaban J connectivity index is 1.64. The lowest BCUT2D eigenvalue weighted by atomic mass is 10.0. The van der Waals surface area contributed by atoms with Gasteiger partial charge in [-0.05, 0) is 82.9 Å². The van der Waals surface area contributed by atoms with E-state index in [-0.39, 0.29) is 74.0 Å². The first-order valence-electron chi connectivity index (χ1n) is 30.8. The third-order valence-corrected chi connectivity index (χ3v) is 19.9. The van der Waals surface area contributed by atoms with E-state index in [9.17, 15) is 67.7 Å². The van der Waals surface area contributed by atoms with Gasteiger partial charge in [-0.15, -0.1) is 0 Å². The maximum atomic E-state index is 15.1. The Bertz CT molecular complexity index is 3120. The molecule has 0 radical (unpaired) electrons. The van der Waals surface area contributed by atoms with Crippen LogP contribution in [0.2, 0.25) is 0 Å². The summed E-state index contributed by atoms with van der Waals surface area (Å²) in [5.41, 5.74) is 7.19. The van der Waals surface area contributed by atoms with Crippen molar-refractivity contribution in [3.8, 4) is 0 Å². The standard InChI is InChI=1S/C59H88N16O15S4/c1-29(2)19-40-51(82)64-25-46(77)67-38(14-15-47(78)79)53(84)71-41(20-30(3)4)55(86)69-39-16-18-92-91-17-10-13-37(52(83)73-43(57(88)70-40)22-34-24-62-28-65-34)68-50(81)31(5)66-58(89)44(61-7)26-93-94-27-45(59(90)75-48(32(6)76)49(60)80)74-56(87)42(72-54(39)85)21-33-23-63-36-12-9-8-11-35(33)36/h8-9,11-12,23-24,28-32,37-45,48,61,63,76H,10,13-22,25-27H2,1-7H3,(H2,60,80)(H,62,65)(H,64,82)(H,66,89)(H,67,77)(H,68,81)(H,69,86)(H,70,88)(H,71,84)(H,72,85)(H,73,83)(H,74,87)(H,75,90)(H,78,79)/t31-,32+,37-,38-,39-,40-,41-,42-,43-,44-,45-,48-/m0/s1. The van der Waals surface area contributed by atoms with Crippen LogP contribution in [0.1, 0.15) is 97.7 Å². The maximum Gasteiger partial charge on any atom is 0.303 e. The van der Waals surface area contributed by atoms with E-state index in [1.54, 1.807) is 58.2 Å². The van der Waals surface area contributed by atoms with Crippen LogP contribution in [-0.4, -0.2) is 211 Å². The molecule has 0 saturated carbocycles. The minimum atomic E-state index is -1.61. The number of amides is 12. The first kappa shape index (κ1) is 77.1. The topological polar surface area (TPSA) is 477 Å². The number of rotatable bonds is 16. The Labute approximate surface area is 559 Å². The van der Waals surface area contributed by atoms with Crippen LogP contribution < -0.4 is 69.5 Å². The lowest BCUT2D eigenvalue weighted by Gasteiger charge is -2.28. The fraction of sp³-hybridized carbons (Fsp3) is 0.593. The van der Waals surface area contributed by atoms with E-state index >= 15 is 4.79 Å². The lowest BCUT2D eigenvalue weighted by molar-refractivity contribution is -0.138. The molecule has 2 bridgehead atoms. The number of para-hydroxylation sites is 1. The number of aromatic amines is 2. The van der Waals surface area contributed by atoms with E-state index in [4.69, 9.17) is 5.73 Å². The zero-order valence-electron chi connectivity index (χ0n) is 53.4. The number of nitrogens with two attached hydrogens (primary N) is 1. The quantitative estimate of drug-likeness (QED) is 0.0692. The average molecular weight is 1390 g/mol. The van der Waals surface area contributed by atoms with Crippen molar-refractivity contribution >= 4 is 131 Å². The number of benzene rings is 1. The molecule has 94 heavy (non-hydrogen) atoms. The van der Waals surface area contributed by atoms with Gasteiger partial charge in [-0.1, -0.05) is 89.1 Å². The average Bonchev–Trinajstić information content (AvgIpc) is 1.63. The molecular weight excluding hydrogens is 1300 g/mol. The molecule has 4 heterocycles. The number of carboxylic acids is 1. The molecule has 3 aromatic rings. The van der Waals surface area contributed by atoms with Gasteiger partial charge in [0.05, 0.1) is 25.0 Å². The van der Waals surface area contributed by atoms with Gasteiger partial charge < -0.3 is 89.7 Å². The molecule has 2 aromatic heterocycles. The number of nitrogens with one attached hydrogen (secondary N) is 14. The smallest absolute Gasteiger partial charge is 0.303 e. The van der Waals surface area contributed by atoms with Crippen molar-refractivity contribution in [3.05, 3.63) is 54.2 Å². The van der Waals surface area contributed by atoms with E-state index in [0.29, 0.717) is 27.9 Å². The van der Waals surface area contributed by atoms with E-state index in [1.807, 2.05) is 0 Å². The number of carbonyl (C=O) groups is 13. The Morgan fingerprint density at radius 1 is 0.649 bits per heavy atom. The van der Waals surface area contributed by atoms with Gasteiger partial charge in [0.15, 0.2) is 0 Å². The molecule has 0 unspecified atom stereocenters. The van der Waals surface area contributed by atoms with Crippen LogP contribution in [0.25, 0.3) is 10.9 Å². The SMILES string of the molecule is CN[C@H]1CSSC[C@@H](C(=O)N[C@H](C(N)=O)[C@@H](C)O)NC(=O)[C@H](Cc2c[nH]c3ccccc23)NC(=O)[C@@H]2CCSSCCC[C@H](NC(=O)[C@H](C)NC1=O)C(=O)N[C@@H](Cc1cnc[nH]1)C(=O)N[C@@H](CC(C)C)C(=O)NCC(=O)N[C@@H](CCC(=O)O)C(=O)N[C@@H](CC(C)C)C(=O)N2. The summed E-state index contributed by atoms with van der Waals surface area (Å²) in [5.74, 6) is -12.2.